The number of aryl methyl sites for hydroxylation is 1. The van der Waals surface area contributed by atoms with Gasteiger partial charge in [0.1, 0.15) is 30.0 Å². The van der Waals surface area contributed by atoms with Crippen molar-refractivity contribution in [1.29, 1.82) is 0 Å². The van der Waals surface area contributed by atoms with E-state index in [-0.39, 0.29) is 70.8 Å². The van der Waals surface area contributed by atoms with Crippen LogP contribution in [0.4, 0.5) is 0 Å². The molecule has 0 saturated carbocycles. The highest BCUT2D eigenvalue weighted by Gasteiger charge is 2.57. The van der Waals surface area contributed by atoms with E-state index in [1.807, 2.05) is 100 Å². The molecule has 0 aromatic heterocycles. The highest BCUT2D eigenvalue weighted by Crippen LogP contribution is 2.49. The van der Waals surface area contributed by atoms with E-state index in [1.165, 1.54) is 0 Å². The fraction of sp³-hybridized carbons (Fsp3) is 0.559. The lowest BCUT2D eigenvalue weighted by Gasteiger charge is -2.35. The van der Waals surface area contributed by atoms with Crippen molar-refractivity contribution < 1.29 is 38.4 Å². The zero-order valence-electron chi connectivity index (χ0n) is 46.1. The summed E-state index contributed by atoms with van der Waals surface area (Å²) in [5.41, 5.74) is 4.41. The van der Waals surface area contributed by atoms with Crippen LogP contribution in [-0.4, -0.2) is 130 Å². The van der Waals surface area contributed by atoms with Crippen molar-refractivity contribution in [2.75, 3.05) is 25.6 Å². The number of ketones is 1. The molecule has 4 fully saturated rings. The molecule has 2 aliphatic carbocycles. The molecule has 7 amide bonds. The highest BCUT2D eigenvalue weighted by atomic mass is 32.2. The van der Waals surface area contributed by atoms with Gasteiger partial charge in [0, 0.05) is 18.9 Å². The summed E-state index contributed by atoms with van der Waals surface area (Å²) < 4.78 is 0. The third kappa shape index (κ3) is 11.6. The number of nitrogens with zero attached hydrogens (tertiary/aromatic N) is 2. The minimum atomic E-state index is -0.817. The number of carbonyl (C=O) groups is 8. The molecule has 4 aliphatic heterocycles. The van der Waals surface area contributed by atoms with E-state index in [0.29, 0.717) is 56.5 Å². The maximum atomic E-state index is 14.7. The first-order chi connectivity index (χ1) is 37.2. The maximum Gasteiger partial charge on any atom is 0.246 e. The van der Waals surface area contributed by atoms with Gasteiger partial charge in [-0.1, -0.05) is 100 Å². The molecule has 0 unspecified atom stereocenters. The molecule has 0 spiro atoms. The number of hydrogen-bond donors (Lipinski definition) is 7. The van der Waals surface area contributed by atoms with E-state index < -0.39 is 71.0 Å². The average Bonchev–Trinajstić information content (AvgIpc) is 4.19. The van der Waals surface area contributed by atoms with Gasteiger partial charge in [-0.25, -0.2) is 0 Å². The molecule has 6 aliphatic rings. The summed E-state index contributed by atoms with van der Waals surface area (Å²) in [6, 6.07) is 18.1. The first-order valence-electron chi connectivity index (χ1n) is 27.7. The molecule has 0 radical (unpaired) electrons. The Bertz CT molecular complexity index is 2620. The molecule has 0 bridgehead atoms. The van der Waals surface area contributed by atoms with Gasteiger partial charge in [-0.05, 0) is 129 Å². The molecule has 4 heterocycles. The third-order valence-electron chi connectivity index (χ3n) is 17.3. The topological polar surface area (TPSA) is 227 Å². The molecule has 418 valence electrons. The molecule has 12 atom stereocenters. The fourth-order valence-electron chi connectivity index (χ4n) is 12.7. The number of rotatable bonds is 17. The Morgan fingerprint density at radius 2 is 1.03 bits per heavy atom. The smallest absolute Gasteiger partial charge is 0.246 e. The number of Topliss-reactive ketones (excluding diaryl/α,β-unsaturated/α-hetero) is 1. The van der Waals surface area contributed by atoms with Gasteiger partial charge in [0.15, 0.2) is 0 Å². The van der Waals surface area contributed by atoms with Gasteiger partial charge in [0.25, 0.3) is 0 Å². The normalized spacial score (nSPS) is 28.4. The van der Waals surface area contributed by atoms with Crippen LogP contribution < -0.4 is 37.2 Å². The van der Waals surface area contributed by atoms with Crippen LogP contribution >= 0.6 is 23.5 Å². The zero-order chi connectivity index (χ0) is 55.8. The van der Waals surface area contributed by atoms with Gasteiger partial charge in [0.2, 0.25) is 41.4 Å². The first-order valence-corrected chi connectivity index (χ1v) is 29.8. The number of carbonyl (C=O) groups excluding carboxylic acids is 8. The Morgan fingerprint density at radius 3 is 1.50 bits per heavy atom. The van der Waals surface area contributed by atoms with Crippen LogP contribution in [0.5, 0.6) is 0 Å². The van der Waals surface area contributed by atoms with Crippen molar-refractivity contribution in [3.8, 4) is 0 Å². The Balaban J connectivity index is 0.823. The third-order valence-corrected chi connectivity index (χ3v) is 19.8. The van der Waals surface area contributed by atoms with Crippen LogP contribution in [0.1, 0.15) is 119 Å². The van der Waals surface area contributed by atoms with E-state index in [2.05, 4.69) is 37.2 Å². The second kappa shape index (κ2) is 23.5. The molecule has 7 N–H and O–H groups in total. The van der Waals surface area contributed by atoms with Gasteiger partial charge < -0.3 is 47.0 Å². The standard InChI is InChI=1S/C59H77N9O8S2/c1-32(60-7)51(70)63-42-23-25-77-45-29-58(3,4)49(67(45)56(42)75)54(73)65-47-38-15-11-9-13-36(38)27-40(47)44(69)22-21-34-17-19-35(20-18-34)31-62-53(72)41-28-37-14-10-12-16-39(37)48(41)66-55(74)50-59(5,6)30-46-68(50)57(76)43(24-26-78-46)64-52(71)33(2)61-8/h9-20,32-33,40-43,45-50,60-61H,21-31H2,1-8H3,(H,62,72)(H,63,70)(H,64,71)(H,65,73)(H,66,74)/t32-,33-,40-,41+,42-,43-,45-,46-,47-,48-,49+,50+/m0/s1. The number of nitrogens with one attached hydrogen (secondary N) is 7. The number of hydrogen-bond acceptors (Lipinski definition) is 12. The largest absolute Gasteiger partial charge is 0.352 e. The summed E-state index contributed by atoms with van der Waals surface area (Å²) in [5.74, 6) is -1.69. The van der Waals surface area contributed by atoms with Crippen molar-refractivity contribution in [3.63, 3.8) is 0 Å². The number of amides is 7. The van der Waals surface area contributed by atoms with Crippen LogP contribution in [0.2, 0.25) is 0 Å². The molecular weight excluding hydrogens is 1030 g/mol. The Hall–Kier alpha value is -5.76. The molecule has 19 heteroatoms. The van der Waals surface area contributed by atoms with E-state index >= 15 is 0 Å². The van der Waals surface area contributed by atoms with E-state index in [4.69, 9.17) is 0 Å². The zero-order valence-corrected chi connectivity index (χ0v) is 47.7. The van der Waals surface area contributed by atoms with Gasteiger partial charge in [-0.3, -0.25) is 38.4 Å². The predicted molar refractivity (Wildman–Crippen MR) is 301 cm³/mol. The number of benzene rings is 3. The molecule has 3 aromatic rings. The maximum absolute atomic E-state index is 14.7. The quantitative estimate of drug-likeness (QED) is 0.101. The number of fused-ring (bicyclic) bond motifs is 4. The monoisotopic (exact) mass is 1100 g/mol. The van der Waals surface area contributed by atoms with Crippen molar-refractivity contribution in [2.45, 2.75) is 159 Å². The second-order valence-electron chi connectivity index (χ2n) is 23.5. The van der Waals surface area contributed by atoms with E-state index in [0.717, 1.165) is 33.4 Å². The summed E-state index contributed by atoms with van der Waals surface area (Å²) in [6.45, 7) is 11.7. The second-order valence-corrected chi connectivity index (χ2v) is 26.1. The highest BCUT2D eigenvalue weighted by molar-refractivity contribution is 8.00. The Labute approximate surface area is 466 Å². The first kappa shape index (κ1) is 56.9. The van der Waals surface area contributed by atoms with Gasteiger partial charge in [0.05, 0.1) is 40.8 Å². The summed E-state index contributed by atoms with van der Waals surface area (Å²) in [7, 11) is 3.38. The minimum absolute atomic E-state index is 0.0270. The average molecular weight is 1100 g/mol. The van der Waals surface area contributed by atoms with Crippen molar-refractivity contribution in [1.82, 2.24) is 47.0 Å². The van der Waals surface area contributed by atoms with Gasteiger partial charge in [-0.15, -0.1) is 23.5 Å². The predicted octanol–water partition coefficient (Wildman–Crippen LogP) is 4.23. The van der Waals surface area contributed by atoms with Crippen LogP contribution in [-0.2, 0) is 64.2 Å². The van der Waals surface area contributed by atoms with Crippen LogP contribution in [0.3, 0.4) is 0 Å². The minimum Gasteiger partial charge on any atom is -0.352 e. The number of likely N-dealkylation sites (N-methyl/N-ethyl adjacent to an activating group) is 2. The molecule has 4 saturated heterocycles. The SMILES string of the molecule is CN[C@@H](C)C(=O)N[C@H]1CCS[C@H]2CC(C)(C)[C@@H](C(=O)N[C@H]3c4ccccc4C[C@H]3C(=O)CCc3ccc(CNC(=O)[C@@H]4Cc5ccccc5[C@@H]4NC(=O)[C@H]4N5C(=O)[C@@H](NC(=O)[C@H](C)NC)CCS[C@H]5CC4(C)C)cc3)N2C1=O. The lowest BCUT2D eigenvalue weighted by atomic mass is 9.83. The Morgan fingerprint density at radius 1 is 0.590 bits per heavy atom. The Kier molecular flexibility index (Phi) is 17.2. The molecule has 78 heavy (non-hydrogen) atoms. The van der Waals surface area contributed by atoms with Gasteiger partial charge in [-0.2, -0.15) is 0 Å². The molecular formula is C59H77N9O8S2. The number of thioether (sulfide) groups is 2. The summed E-state index contributed by atoms with van der Waals surface area (Å²) in [4.78, 5) is 116. The molecule has 9 rings (SSSR count). The van der Waals surface area contributed by atoms with Gasteiger partial charge >= 0.3 is 0 Å². The summed E-state index contributed by atoms with van der Waals surface area (Å²) in [5, 5.41) is 20.9. The van der Waals surface area contributed by atoms with E-state index in [9.17, 15) is 38.4 Å². The van der Waals surface area contributed by atoms with Crippen molar-refractivity contribution in [3.05, 3.63) is 106 Å². The van der Waals surface area contributed by atoms with Crippen molar-refractivity contribution in [2.24, 2.45) is 22.7 Å². The van der Waals surface area contributed by atoms with Crippen LogP contribution in [0.15, 0.2) is 72.8 Å². The lowest BCUT2D eigenvalue weighted by molar-refractivity contribution is -0.144. The summed E-state index contributed by atoms with van der Waals surface area (Å²) in [6.07, 6.45) is 3.78. The van der Waals surface area contributed by atoms with E-state index in [1.54, 1.807) is 61.3 Å². The fourth-order valence-corrected chi connectivity index (χ4v) is 15.9. The molecule has 17 nitrogen and oxygen atoms in total. The lowest BCUT2D eigenvalue weighted by Crippen LogP contribution is -2.58. The van der Waals surface area contributed by atoms with Crippen LogP contribution in [0.25, 0.3) is 0 Å². The van der Waals surface area contributed by atoms with Crippen molar-refractivity contribution >= 4 is 70.7 Å². The van der Waals surface area contributed by atoms with Crippen LogP contribution in [0, 0.1) is 22.7 Å². The molecule has 3 aromatic carbocycles. The summed E-state index contributed by atoms with van der Waals surface area (Å²) >= 11 is 3.27.